The standard InChI is InChI=1S/C16H12BrN3O2/c17-12-6-4-5-11(9-12)16(22)18-14-10-15(21)20(19-14)13-7-2-1-3-8-13/h1-9H,10H2,(H,18,19,22). The van der Waals surface area contributed by atoms with Gasteiger partial charge in [-0.15, -0.1) is 0 Å². The number of rotatable bonds is 2. The van der Waals surface area contributed by atoms with Crippen molar-refractivity contribution in [1.82, 2.24) is 5.32 Å². The van der Waals surface area contributed by atoms with Gasteiger partial charge in [0.2, 0.25) is 0 Å². The van der Waals surface area contributed by atoms with Crippen LogP contribution in [0, 0.1) is 0 Å². The zero-order valence-corrected chi connectivity index (χ0v) is 13.1. The van der Waals surface area contributed by atoms with Crippen molar-refractivity contribution in [3.63, 3.8) is 0 Å². The average Bonchev–Trinajstić information content (AvgIpc) is 2.88. The summed E-state index contributed by atoms with van der Waals surface area (Å²) in [7, 11) is 0. The highest BCUT2D eigenvalue weighted by molar-refractivity contribution is 9.10. The van der Waals surface area contributed by atoms with Gasteiger partial charge in [-0.25, -0.2) is 0 Å². The van der Waals surface area contributed by atoms with Crippen LogP contribution in [-0.4, -0.2) is 17.6 Å². The number of hydrazone groups is 1. The molecule has 22 heavy (non-hydrogen) atoms. The number of carbonyl (C=O) groups is 2. The van der Waals surface area contributed by atoms with E-state index < -0.39 is 0 Å². The van der Waals surface area contributed by atoms with E-state index in [1.807, 2.05) is 24.3 Å². The summed E-state index contributed by atoms with van der Waals surface area (Å²) in [5, 5.41) is 8.17. The lowest BCUT2D eigenvalue weighted by Crippen LogP contribution is -2.29. The molecule has 2 aromatic rings. The molecule has 0 saturated heterocycles. The van der Waals surface area contributed by atoms with Crippen molar-refractivity contribution < 1.29 is 9.59 Å². The molecule has 1 N–H and O–H groups in total. The molecule has 0 atom stereocenters. The maximum absolute atomic E-state index is 12.2. The van der Waals surface area contributed by atoms with Gasteiger partial charge in [0, 0.05) is 10.0 Å². The monoisotopic (exact) mass is 357 g/mol. The molecule has 0 unspecified atom stereocenters. The fourth-order valence-corrected chi connectivity index (χ4v) is 2.50. The molecule has 0 aliphatic carbocycles. The summed E-state index contributed by atoms with van der Waals surface area (Å²) >= 11 is 3.32. The number of hydrogen-bond acceptors (Lipinski definition) is 3. The van der Waals surface area contributed by atoms with Gasteiger partial charge in [0.1, 0.15) is 5.84 Å². The number of para-hydroxylation sites is 1. The fraction of sp³-hybridized carbons (Fsp3) is 0.0625. The Morgan fingerprint density at radius 3 is 2.64 bits per heavy atom. The minimum absolute atomic E-state index is 0.0780. The lowest BCUT2D eigenvalue weighted by molar-refractivity contribution is -0.116. The minimum atomic E-state index is -0.289. The van der Waals surface area contributed by atoms with Gasteiger partial charge in [-0.3, -0.25) is 9.59 Å². The smallest absolute Gasteiger partial charge is 0.256 e. The Balaban J connectivity index is 1.76. The molecular formula is C16H12BrN3O2. The first kappa shape index (κ1) is 14.5. The molecule has 1 aliphatic heterocycles. The van der Waals surface area contributed by atoms with E-state index in [0.717, 1.165) is 4.47 Å². The molecule has 2 aromatic carbocycles. The highest BCUT2D eigenvalue weighted by Gasteiger charge is 2.26. The first-order valence-electron chi connectivity index (χ1n) is 6.66. The first-order valence-corrected chi connectivity index (χ1v) is 7.45. The molecule has 0 bridgehead atoms. The largest absolute Gasteiger partial charge is 0.308 e. The molecule has 110 valence electrons. The van der Waals surface area contributed by atoms with Crippen LogP contribution in [0.1, 0.15) is 16.8 Å². The van der Waals surface area contributed by atoms with E-state index in [0.29, 0.717) is 17.1 Å². The number of hydrogen-bond donors (Lipinski definition) is 1. The van der Waals surface area contributed by atoms with Crippen LogP contribution in [0.3, 0.4) is 0 Å². The third-order valence-corrected chi connectivity index (χ3v) is 3.61. The molecule has 0 fully saturated rings. The molecular weight excluding hydrogens is 346 g/mol. The maximum atomic E-state index is 12.2. The summed E-state index contributed by atoms with van der Waals surface area (Å²) in [6, 6.07) is 16.1. The minimum Gasteiger partial charge on any atom is -0.308 e. The van der Waals surface area contributed by atoms with Crippen LogP contribution in [0.4, 0.5) is 5.69 Å². The van der Waals surface area contributed by atoms with Crippen molar-refractivity contribution in [2.45, 2.75) is 6.42 Å². The van der Waals surface area contributed by atoms with Crippen LogP contribution < -0.4 is 10.3 Å². The van der Waals surface area contributed by atoms with Crippen molar-refractivity contribution in [2.24, 2.45) is 5.10 Å². The normalized spacial score (nSPS) is 14.0. The van der Waals surface area contributed by atoms with E-state index in [1.165, 1.54) is 5.01 Å². The second kappa shape index (κ2) is 6.11. The van der Waals surface area contributed by atoms with E-state index in [1.54, 1.807) is 30.3 Å². The number of nitrogens with zero attached hydrogens (tertiary/aromatic N) is 2. The number of nitrogens with one attached hydrogen (secondary N) is 1. The summed E-state index contributed by atoms with van der Waals surface area (Å²) in [5.74, 6) is -0.114. The zero-order valence-electron chi connectivity index (χ0n) is 11.5. The number of amidine groups is 1. The van der Waals surface area contributed by atoms with Crippen LogP contribution in [-0.2, 0) is 4.79 Å². The van der Waals surface area contributed by atoms with Crippen LogP contribution in [0.15, 0.2) is 64.2 Å². The summed E-state index contributed by atoms with van der Waals surface area (Å²) in [5.41, 5.74) is 1.18. The molecule has 1 aliphatic rings. The summed E-state index contributed by atoms with van der Waals surface area (Å²) < 4.78 is 0.815. The van der Waals surface area contributed by atoms with Crippen molar-refractivity contribution >= 4 is 39.3 Å². The predicted octanol–water partition coefficient (Wildman–Crippen LogP) is 2.93. The zero-order chi connectivity index (χ0) is 15.5. The van der Waals surface area contributed by atoms with Gasteiger partial charge in [0.05, 0.1) is 12.1 Å². The van der Waals surface area contributed by atoms with Crippen molar-refractivity contribution in [1.29, 1.82) is 0 Å². The lowest BCUT2D eigenvalue weighted by atomic mass is 10.2. The topological polar surface area (TPSA) is 61.8 Å². The predicted molar refractivity (Wildman–Crippen MR) is 87.6 cm³/mol. The molecule has 3 rings (SSSR count). The van der Waals surface area contributed by atoms with E-state index in [-0.39, 0.29) is 18.2 Å². The Labute approximate surface area is 135 Å². The van der Waals surface area contributed by atoms with Crippen LogP contribution >= 0.6 is 15.9 Å². The van der Waals surface area contributed by atoms with Crippen LogP contribution in [0.25, 0.3) is 0 Å². The van der Waals surface area contributed by atoms with Crippen LogP contribution in [0.5, 0.6) is 0 Å². The number of halogens is 1. The Morgan fingerprint density at radius 2 is 1.91 bits per heavy atom. The Morgan fingerprint density at radius 1 is 1.14 bits per heavy atom. The molecule has 0 saturated carbocycles. The van der Waals surface area contributed by atoms with Gasteiger partial charge in [-0.1, -0.05) is 40.2 Å². The van der Waals surface area contributed by atoms with Gasteiger partial charge in [-0.05, 0) is 30.3 Å². The van der Waals surface area contributed by atoms with Crippen molar-refractivity contribution in [3.05, 3.63) is 64.6 Å². The Hall–Kier alpha value is -2.47. The third kappa shape index (κ3) is 3.07. The fourth-order valence-electron chi connectivity index (χ4n) is 2.10. The van der Waals surface area contributed by atoms with Crippen molar-refractivity contribution in [3.8, 4) is 0 Å². The summed E-state index contributed by atoms with van der Waals surface area (Å²) in [4.78, 5) is 24.2. The molecule has 0 spiro atoms. The SMILES string of the molecule is O=C(NC1=NN(c2ccccc2)C(=O)C1)c1cccc(Br)c1. The summed E-state index contributed by atoms with van der Waals surface area (Å²) in [6.07, 6.45) is 0.0780. The number of anilines is 1. The van der Waals surface area contributed by atoms with Gasteiger partial charge < -0.3 is 5.32 Å². The number of benzene rings is 2. The highest BCUT2D eigenvalue weighted by atomic mass is 79.9. The Kier molecular flexibility index (Phi) is 4.02. The van der Waals surface area contributed by atoms with E-state index >= 15 is 0 Å². The molecule has 0 aromatic heterocycles. The van der Waals surface area contributed by atoms with E-state index in [9.17, 15) is 9.59 Å². The van der Waals surface area contributed by atoms with Gasteiger partial charge in [0.25, 0.3) is 11.8 Å². The third-order valence-electron chi connectivity index (χ3n) is 3.12. The molecule has 5 nitrogen and oxygen atoms in total. The number of carbonyl (C=O) groups excluding carboxylic acids is 2. The van der Waals surface area contributed by atoms with Crippen LogP contribution in [0.2, 0.25) is 0 Å². The van der Waals surface area contributed by atoms with Gasteiger partial charge in [0.15, 0.2) is 0 Å². The molecule has 0 radical (unpaired) electrons. The quantitative estimate of drug-likeness (QED) is 0.897. The second-order valence-corrected chi connectivity index (χ2v) is 5.64. The highest BCUT2D eigenvalue weighted by Crippen LogP contribution is 2.19. The molecule has 6 heteroatoms. The summed E-state index contributed by atoms with van der Waals surface area (Å²) in [6.45, 7) is 0. The van der Waals surface area contributed by atoms with Gasteiger partial charge in [-0.2, -0.15) is 10.1 Å². The Bertz CT molecular complexity index is 759. The van der Waals surface area contributed by atoms with Crippen molar-refractivity contribution in [2.75, 3.05) is 5.01 Å². The van der Waals surface area contributed by atoms with E-state index in [2.05, 4.69) is 26.3 Å². The van der Waals surface area contributed by atoms with E-state index in [4.69, 9.17) is 0 Å². The average molecular weight is 358 g/mol. The lowest BCUT2D eigenvalue weighted by Gasteiger charge is -2.10. The molecule has 1 heterocycles. The second-order valence-electron chi connectivity index (χ2n) is 4.73. The first-order chi connectivity index (χ1) is 10.6. The number of amides is 2. The molecule has 2 amide bonds. The maximum Gasteiger partial charge on any atom is 0.256 e. The van der Waals surface area contributed by atoms with Gasteiger partial charge >= 0.3 is 0 Å².